The maximum absolute atomic E-state index is 10.7. The Morgan fingerprint density at radius 1 is 1.33 bits per heavy atom. The van der Waals surface area contributed by atoms with Crippen molar-refractivity contribution < 1.29 is 9.90 Å². The van der Waals surface area contributed by atoms with Crippen LogP contribution in [0.1, 0.15) is 38.8 Å². The standard InChI is InChI=1S/C13H21N3O2/c1-9(13(17)18)5-4-6-10(2)16-12-11(3)14-7-8-15-12/h7-10H,4-6H2,1-3H3,(H,15,16)(H,17,18). The van der Waals surface area contributed by atoms with Crippen LogP contribution in [0.25, 0.3) is 0 Å². The molecule has 100 valence electrons. The molecule has 2 unspecified atom stereocenters. The van der Waals surface area contributed by atoms with E-state index in [1.54, 1.807) is 19.3 Å². The topological polar surface area (TPSA) is 75.1 Å². The van der Waals surface area contributed by atoms with Gasteiger partial charge in [-0.1, -0.05) is 13.3 Å². The molecule has 0 fully saturated rings. The molecule has 0 aliphatic carbocycles. The van der Waals surface area contributed by atoms with Crippen LogP contribution >= 0.6 is 0 Å². The molecule has 5 heteroatoms. The number of nitrogens with one attached hydrogen (secondary N) is 1. The number of carbonyl (C=O) groups is 1. The molecular formula is C13H21N3O2. The minimum atomic E-state index is -0.722. The third-order valence-electron chi connectivity index (χ3n) is 2.96. The lowest BCUT2D eigenvalue weighted by atomic mass is 10.0. The maximum Gasteiger partial charge on any atom is 0.306 e. The molecule has 1 heterocycles. The summed E-state index contributed by atoms with van der Waals surface area (Å²) < 4.78 is 0. The SMILES string of the molecule is Cc1nccnc1NC(C)CCCC(C)C(=O)O. The molecular weight excluding hydrogens is 230 g/mol. The fraction of sp³-hybridized carbons (Fsp3) is 0.615. The Balaban J connectivity index is 2.32. The molecule has 0 saturated heterocycles. The molecule has 1 aromatic rings. The first-order chi connectivity index (χ1) is 8.50. The highest BCUT2D eigenvalue weighted by molar-refractivity contribution is 5.69. The van der Waals surface area contributed by atoms with Gasteiger partial charge < -0.3 is 10.4 Å². The summed E-state index contributed by atoms with van der Waals surface area (Å²) in [5.41, 5.74) is 0.878. The van der Waals surface area contributed by atoms with E-state index in [4.69, 9.17) is 5.11 Å². The number of aliphatic carboxylic acids is 1. The molecule has 0 aliphatic rings. The van der Waals surface area contributed by atoms with Crippen molar-refractivity contribution in [1.29, 1.82) is 0 Å². The number of carboxylic acid groups (broad SMARTS) is 1. The van der Waals surface area contributed by atoms with Crippen LogP contribution in [0.5, 0.6) is 0 Å². The first kappa shape index (κ1) is 14.4. The minimum absolute atomic E-state index is 0.265. The summed E-state index contributed by atoms with van der Waals surface area (Å²) in [4.78, 5) is 19.1. The van der Waals surface area contributed by atoms with E-state index in [-0.39, 0.29) is 12.0 Å². The number of anilines is 1. The van der Waals surface area contributed by atoms with Gasteiger partial charge in [0.05, 0.1) is 11.6 Å². The highest BCUT2D eigenvalue weighted by Gasteiger charge is 2.11. The largest absolute Gasteiger partial charge is 0.481 e. The van der Waals surface area contributed by atoms with Crippen molar-refractivity contribution in [3.63, 3.8) is 0 Å². The predicted octanol–water partition coefficient (Wildman–Crippen LogP) is 2.48. The molecule has 1 rings (SSSR count). The fourth-order valence-electron chi connectivity index (χ4n) is 1.71. The van der Waals surface area contributed by atoms with E-state index < -0.39 is 5.97 Å². The molecule has 0 saturated carbocycles. The summed E-state index contributed by atoms with van der Waals surface area (Å²) in [7, 11) is 0. The van der Waals surface area contributed by atoms with E-state index in [0.29, 0.717) is 6.42 Å². The van der Waals surface area contributed by atoms with Gasteiger partial charge in [0.25, 0.3) is 0 Å². The van der Waals surface area contributed by atoms with E-state index in [1.165, 1.54) is 0 Å². The molecule has 1 aromatic heterocycles. The lowest BCUT2D eigenvalue weighted by Gasteiger charge is -2.15. The molecule has 2 N–H and O–H groups in total. The number of rotatable bonds is 7. The molecule has 0 amide bonds. The van der Waals surface area contributed by atoms with Gasteiger partial charge in [0.15, 0.2) is 0 Å². The Hall–Kier alpha value is -1.65. The van der Waals surface area contributed by atoms with E-state index in [0.717, 1.165) is 24.4 Å². The van der Waals surface area contributed by atoms with Crippen molar-refractivity contribution in [2.24, 2.45) is 5.92 Å². The van der Waals surface area contributed by atoms with Gasteiger partial charge >= 0.3 is 5.97 Å². The number of hydrogen-bond donors (Lipinski definition) is 2. The van der Waals surface area contributed by atoms with Crippen molar-refractivity contribution in [2.75, 3.05) is 5.32 Å². The van der Waals surface area contributed by atoms with Crippen LogP contribution in [0.3, 0.4) is 0 Å². The van der Waals surface area contributed by atoms with Crippen LogP contribution in [0.15, 0.2) is 12.4 Å². The monoisotopic (exact) mass is 251 g/mol. The van der Waals surface area contributed by atoms with Crippen LogP contribution in [-0.2, 0) is 4.79 Å². The Kier molecular flexibility index (Phi) is 5.55. The molecule has 0 aliphatic heterocycles. The van der Waals surface area contributed by atoms with Gasteiger partial charge in [-0.05, 0) is 26.7 Å². The van der Waals surface area contributed by atoms with Gasteiger partial charge in [-0.2, -0.15) is 0 Å². The maximum atomic E-state index is 10.7. The lowest BCUT2D eigenvalue weighted by Crippen LogP contribution is -2.18. The number of aromatic nitrogens is 2. The summed E-state index contributed by atoms with van der Waals surface area (Å²) >= 11 is 0. The molecule has 18 heavy (non-hydrogen) atoms. The highest BCUT2D eigenvalue weighted by Crippen LogP contribution is 2.13. The van der Waals surface area contributed by atoms with Gasteiger partial charge in [-0.3, -0.25) is 9.78 Å². The van der Waals surface area contributed by atoms with Gasteiger partial charge in [0.1, 0.15) is 5.82 Å². The molecule has 0 bridgehead atoms. The van der Waals surface area contributed by atoms with Crippen molar-refractivity contribution in [1.82, 2.24) is 9.97 Å². The normalized spacial score (nSPS) is 13.9. The molecule has 2 atom stereocenters. The summed E-state index contributed by atoms with van der Waals surface area (Å²) in [6.45, 7) is 5.72. The van der Waals surface area contributed by atoms with Crippen molar-refractivity contribution in [2.45, 2.75) is 46.1 Å². The van der Waals surface area contributed by atoms with E-state index in [2.05, 4.69) is 22.2 Å². The zero-order valence-corrected chi connectivity index (χ0v) is 11.2. The third-order valence-corrected chi connectivity index (χ3v) is 2.96. The van der Waals surface area contributed by atoms with Gasteiger partial charge in [-0.25, -0.2) is 4.98 Å². The minimum Gasteiger partial charge on any atom is -0.481 e. The third kappa shape index (κ3) is 4.69. The Morgan fingerprint density at radius 2 is 2.00 bits per heavy atom. The Bertz CT molecular complexity index is 396. The number of nitrogens with zero attached hydrogens (tertiary/aromatic N) is 2. The van der Waals surface area contributed by atoms with Crippen LogP contribution in [0.2, 0.25) is 0 Å². The number of carboxylic acids is 1. The van der Waals surface area contributed by atoms with Gasteiger partial charge in [0, 0.05) is 18.4 Å². The zero-order valence-electron chi connectivity index (χ0n) is 11.2. The van der Waals surface area contributed by atoms with E-state index >= 15 is 0 Å². The van der Waals surface area contributed by atoms with Crippen LogP contribution in [-0.4, -0.2) is 27.1 Å². The molecule has 0 aromatic carbocycles. The van der Waals surface area contributed by atoms with E-state index in [9.17, 15) is 4.79 Å². The van der Waals surface area contributed by atoms with Crippen LogP contribution in [0.4, 0.5) is 5.82 Å². The average molecular weight is 251 g/mol. The quantitative estimate of drug-likeness (QED) is 0.778. The van der Waals surface area contributed by atoms with Gasteiger partial charge in [0.2, 0.25) is 0 Å². The van der Waals surface area contributed by atoms with Gasteiger partial charge in [-0.15, -0.1) is 0 Å². The number of hydrogen-bond acceptors (Lipinski definition) is 4. The second-order valence-corrected chi connectivity index (χ2v) is 4.71. The summed E-state index contributed by atoms with van der Waals surface area (Å²) in [5, 5.41) is 12.1. The zero-order chi connectivity index (χ0) is 13.5. The first-order valence-corrected chi connectivity index (χ1v) is 6.27. The second kappa shape index (κ2) is 6.93. The Morgan fingerprint density at radius 3 is 2.61 bits per heavy atom. The second-order valence-electron chi connectivity index (χ2n) is 4.71. The Labute approximate surface area is 108 Å². The lowest BCUT2D eigenvalue weighted by molar-refractivity contribution is -0.141. The summed E-state index contributed by atoms with van der Waals surface area (Å²) in [6, 6.07) is 0.265. The van der Waals surface area contributed by atoms with Crippen LogP contribution < -0.4 is 5.32 Å². The highest BCUT2D eigenvalue weighted by atomic mass is 16.4. The van der Waals surface area contributed by atoms with Crippen molar-refractivity contribution in [3.8, 4) is 0 Å². The molecule has 0 radical (unpaired) electrons. The smallest absolute Gasteiger partial charge is 0.306 e. The molecule has 5 nitrogen and oxygen atoms in total. The molecule has 0 spiro atoms. The summed E-state index contributed by atoms with van der Waals surface area (Å²) in [6.07, 6.45) is 5.85. The van der Waals surface area contributed by atoms with Crippen molar-refractivity contribution >= 4 is 11.8 Å². The van der Waals surface area contributed by atoms with Crippen LogP contribution in [0, 0.1) is 12.8 Å². The summed E-state index contributed by atoms with van der Waals surface area (Å²) in [5.74, 6) is -0.188. The number of aryl methyl sites for hydroxylation is 1. The first-order valence-electron chi connectivity index (χ1n) is 6.27. The van der Waals surface area contributed by atoms with E-state index in [1.807, 2.05) is 6.92 Å². The average Bonchev–Trinajstić information content (AvgIpc) is 2.32. The predicted molar refractivity (Wildman–Crippen MR) is 70.5 cm³/mol. The van der Waals surface area contributed by atoms with Crippen molar-refractivity contribution in [3.05, 3.63) is 18.1 Å². The fourth-order valence-corrected chi connectivity index (χ4v) is 1.71.